The summed E-state index contributed by atoms with van der Waals surface area (Å²) in [7, 11) is 0. The van der Waals surface area contributed by atoms with Crippen molar-refractivity contribution in [2.24, 2.45) is 11.7 Å². The van der Waals surface area contributed by atoms with Crippen LogP contribution in [0.25, 0.3) is 0 Å². The first-order chi connectivity index (χ1) is 8.78. The van der Waals surface area contributed by atoms with Crippen molar-refractivity contribution < 1.29 is 15.3 Å². The number of aliphatic hydroxyl groups is 3. The Balaban J connectivity index is 2.44. The molecular weight excluding hydrogens is 274 g/mol. The molecule has 0 aromatic carbocycles. The van der Waals surface area contributed by atoms with Crippen LogP contribution < -0.4 is 17.2 Å². The first-order valence-corrected chi connectivity index (χ1v) is 6.05. The second-order valence-corrected chi connectivity index (χ2v) is 5.08. The summed E-state index contributed by atoms with van der Waals surface area (Å²) >= 11 is 5.81. The highest BCUT2D eigenvalue weighted by Crippen LogP contribution is 2.44. The van der Waals surface area contributed by atoms with E-state index >= 15 is 0 Å². The van der Waals surface area contributed by atoms with Crippen molar-refractivity contribution in [2.75, 3.05) is 18.1 Å². The fourth-order valence-electron chi connectivity index (χ4n) is 2.43. The van der Waals surface area contributed by atoms with Crippen molar-refractivity contribution in [3.8, 4) is 0 Å². The van der Waals surface area contributed by atoms with E-state index < -0.39 is 23.7 Å². The van der Waals surface area contributed by atoms with Crippen LogP contribution >= 0.6 is 11.6 Å². The lowest BCUT2D eigenvalue weighted by Gasteiger charge is -2.28. The van der Waals surface area contributed by atoms with Gasteiger partial charge in [0.1, 0.15) is 11.8 Å². The van der Waals surface area contributed by atoms with E-state index in [-0.39, 0.29) is 35.5 Å². The monoisotopic (exact) mass is 289 g/mol. The Morgan fingerprint density at radius 2 is 2.00 bits per heavy atom. The van der Waals surface area contributed by atoms with Gasteiger partial charge in [-0.2, -0.15) is 4.98 Å². The molecule has 106 valence electrons. The lowest BCUT2D eigenvalue weighted by molar-refractivity contribution is -0.0896. The quantitative estimate of drug-likeness (QED) is 0.280. The zero-order chi connectivity index (χ0) is 14.4. The number of nitrogens with zero attached hydrogens (tertiary/aromatic N) is 2. The van der Waals surface area contributed by atoms with Gasteiger partial charge in [0.15, 0.2) is 5.15 Å². The minimum atomic E-state index is -1.92. The molecule has 9 N–H and O–H groups in total. The summed E-state index contributed by atoms with van der Waals surface area (Å²) in [6, 6.07) is 0. The minimum Gasteiger partial charge on any atom is -0.396 e. The molecular formula is C10H16ClN5O3. The molecule has 8 nitrogen and oxygen atoms in total. The third kappa shape index (κ3) is 2.21. The van der Waals surface area contributed by atoms with Crippen molar-refractivity contribution in [3.63, 3.8) is 0 Å². The Morgan fingerprint density at radius 1 is 1.37 bits per heavy atom. The summed E-state index contributed by atoms with van der Waals surface area (Å²) in [4.78, 5) is 7.64. The molecule has 0 amide bonds. The number of nitrogens with two attached hydrogens (primary N) is 3. The maximum Gasteiger partial charge on any atom is 0.221 e. The Labute approximate surface area is 114 Å². The Bertz CT molecular complexity index is 498. The Kier molecular flexibility index (Phi) is 3.54. The smallest absolute Gasteiger partial charge is 0.221 e. The second kappa shape index (κ2) is 4.73. The van der Waals surface area contributed by atoms with Crippen LogP contribution in [0, 0.1) is 5.92 Å². The number of hydrogen-bond donors (Lipinski definition) is 6. The molecule has 4 unspecified atom stereocenters. The average molecular weight is 290 g/mol. The maximum absolute atomic E-state index is 10.1. The van der Waals surface area contributed by atoms with Crippen molar-refractivity contribution in [3.05, 3.63) is 10.8 Å². The van der Waals surface area contributed by atoms with Gasteiger partial charge in [0.25, 0.3) is 0 Å². The number of halogens is 1. The van der Waals surface area contributed by atoms with Crippen LogP contribution in [0.1, 0.15) is 18.0 Å². The van der Waals surface area contributed by atoms with Gasteiger partial charge >= 0.3 is 0 Å². The van der Waals surface area contributed by atoms with Gasteiger partial charge in [0, 0.05) is 11.8 Å². The summed E-state index contributed by atoms with van der Waals surface area (Å²) in [5.74, 6) is -1.45. The van der Waals surface area contributed by atoms with E-state index in [1.807, 2.05) is 0 Å². The molecule has 9 heteroatoms. The molecule has 2 rings (SSSR count). The molecule has 4 atom stereocenters. The van der Waals surface area contributed by atoms with Gasteiger partial charge < -0.3 is 32.5 Å². The normalized spacial score (nSPS) is 34.7. The summed E-state index contributed by atoms with van der Waals surface area (Å²) in [6.45, 7) is -0.366. The summed E-state index contributed by atoms with van der Waals surface area (Å²) in [5.41, 5.74) is 15.3. The number of nitrogen functional groups attached to an aromatic ring is 2. The molecule has 1 aliphatic rings. The van der Waals surface area contributed by atoms with E-state index in [1.54, 1.807) is 0 Å². The van der Waals surface area contributed by atoms with Gasteiger partial charge in [-0.25, -0.2) is 4.98 Å². The van der Waals surface area contributed by atoms with E-state index in [1.165, 1.54) is 0 Å². The molecule has 0 bridgehead atoms. The highest BCUT2D eigenvalue weighted by Gasteiger charge is 2.52. The van der Waals surface area contributed by atoms with Crippen molar-refractivity contribution in [1.82, 2.24) is 9.97 Å². The van der Waals surface area contributed by atoms with Gasteiger partial charge in [-0.1, -0.05) is 11.6 Å². The molecule has 19 heavy (non-hydrogen) atoms. The lowest BCUT2D eigenvalue weighted by atomic mass is 9.98. The number of rotatable bonds is 2. The number of aromatic nitrogens is 2. The molecule has 0 spiro atoms. The highest BCUT2D eigenvalue weighted by atomic mass is 35.5. The molecule has 0 saturated heterocycles. The number of aliphatic hydroxyl groups excluding tert-OH is 2. The third-order valence-corrected chi connectivity index (χ3v) is 3.85. The number of hydrogen-bond acceptors (Lipinski definition) is 8. The van der Waals surface area contributed by atoms with E-state index in [4.69, 9.17) is 28.8 Å². The van der Waals surface area contributed by atoms with Crippen LogP contribution in [-0.4, -0.2) is 43.7 Å². The standard InChI is InChI=1S/C10H16ClN5O3/c11-8-5(12)6(15-9(13)16-8)4-1-3(2-17)10(14,19)7(4)18/h3-4,7,17-19H,1-2,12,14H2,(H2,13,15,16). The van der Waals surface area contributed by atoms with Gasteiger partial charge in [-0.15, -0.1) is 0 Å². The van der Waals surface area contributed by atoms with Crippen molar-refractivity contribution in [2.45, 2.75) is 24.2 Å². The van der Waals surface area contributed by atoms with E-state index in [0.29, 0.717) is 0 Å². The lowest BCUT2D eigenvalue weighted by Crippen LogP contribution is -2.53. The summed E-state index contributed by atoms with van der Waals surface area (Å²) in [5, 5.41) is 29.3. The summed E-state index contributed by atoms with van der Waals surface area (Å²) < 4.78 is 0. The van der Waals surface area contributed by atoms with Crippen LogP contribution in [0.3, 0.4) is 0 Å². The zero-order valence-electron chi connectivity index (χ0n) is 9.99. The van der Waals surface area contributed by atoms with Crippen molar-refractivity contribution in [1.29, 1.82) is 0 Å². The van der Waals surface area contributed by atoms with Gasteiger partial charge in [-0.05, 0) is 6.42 Å². The predicted molar refractivity (Wildman–Crippen MR) is 68.9 cm³/mol. The minimum absolute atomic E-state index is 0.0253. The van der Waals surface area contributed by atoms with Gasteiger partial charge in [0.2, 0.25) is 5.95 Å². The largest absolute Gasteiger partial charge is 0.396 e. The molecule has 1 fully saturated rings. The van der Waals surface area contributed by atoms with Gasteiger partial charge in [0.05, 0.1) is 18.0 Å². The highest BCUT2D eigenvalue weighted by molar-refractivity contribution is 6.32. The van der Waals surface area contributed by atoms with Crippen LogP contribution in [0.15, 0.2) is 0 Å². The average Bonchev–Trinajstić information content (AvgIpc) is 2.56. The molecule has 0 radical (unpaired) electrons. The molecule has 1 heterocycles. The van der Waals surface area contributed by atoms with Crippen LogP contribution in [0.4, 0.5) is 11.6 Å². The van der Waals surface area contributed by atoms with E-state index in [9.17, 15) is 15.3 Å². The Hall–Kier alpha value is -1.19. The molecule has 1 aliphatic carbocycles. The van der Waals surface area contributed by atoms with E-state index in [0.717, 1.165) is 0 Å². The predicted octanol–water partition coefficient (Wildman–Crippen LogP) is -1.60. The summed E-state index contributed by atoms with van der Waals surface area (Å²) in [6.07, 6.45) is -1.13. The molecule has 1 saturated carbocycles. The fraction of sp³-hybridized carbons (Fsp3) is 0.600. The topological polar surface area (TPSA) is 165 Å². The Morgan fingerprint density at radius 3 is 2.53 bits per heavy atom. The SMILES string of the molecule is Nc1nc(Cl)c(N)c(C2CC(CO)C(N)(O)C2O)n1. The molecule has 0 aliphatic heterocycles. The van der Waals surface area contributed by atoms with Crippen LogP contribution in [0.5, 0.6) is 0 Å². The number of anilines is 2. The third-order valence-electron chi connectivity index (χ3n) is 3.56. The van der Waals surface area contributed by atoms with Crippen LogP contribution in [0.2, 0.25) is 5.15 Å². The van der Waals surface area contributed by atoms with Crippen molar-refractivity contribution >= 4 is 23.2 Å². The first-order valence-electron chi connectivity index (χ1n) is 5.67. The maximum atomic E-state index is 10.1. The van der Waals surface area contributed by atoms with Crippen LogP contribution in [-0.2, 0) is 0 Å². The van der Waals surface area contributed by atoms with E-state index in [2.05, 4.69) is 9.97 Å². The van der Waals surface area contributed by atoms with Gasteiger partial charge in [-0.3, -0.25) is 0 Å². The zero-order valence-corrected chi connectivity index (χ0v) is 10.7. The second-order valence-electron chi connectivity index (χ2n) is 4.73. The molecule has 1 aromatic heterocycles. The molecule has 1 aromatic rings. The fourth-order valence-corrected chi connectivity index (χ4v) is 2.61. The first kappa shape index (κ1) is 14.2.